The first-order chi connectivity index (χ1) is 8.04. The van der Waals surface area contributed by atoms with E-state index in [1.165, 1.54) is 4.90 Å². The minimum atomic E-state index is -0.275. The minimum Gasteiger partial charge on any atom is -0.496 e. The Morgan fingerprint density at radius 1 is 1.53 bits per heavy atom. The molecule has 0 saturated carbocycles. The monoisotopic (exact) mass is 314 g/mol. The van der Waals surface area contributed by atoms with Crippen LogP contribution in [0.5, 0.6) is 5.75 Å². The van der Waals surface area contributed by atoms with E-state index >= 15 is 0 Å². The van der Waals surface area contributed by atoms with E-state index in [2.05, 4.69) is 21.2 Å². The molecule has 0 radical (unpaired) electrons. The molecule has 0 aromatic heterocycles. The average Bonchev–Trinajstić information content (AvgIpc) is 2.53. The molecule has 0 spiro atoms. The Hall–Kier alpha value is -1.14. The first-order valence-electron chi connectivity index (χ1n) is 5.02. The van der Waals surface area contributed by atoms with Gasteiger partial charge >= 0.3 is 0 Å². The van der Waals surface area contributed by atoms with Crippen LogP contribution in [0, 0.1) is 0 Å². The molecule has 4 nitrogen and oxygen atoms in total. The van der Waals surface area contributed by atoms with Gasteiger partial charge in [0.25, 0.3) is 5.91 Å². The van der Waals surface area contributed by atoms with Crippen molar-refractivity contribution in [2.45, 2.75) is 13.0 Å². The molecule has 2 rings (SSSR count). The third-order valence-corrected chi connectivity index (χ3v) is 3.45. The van der Waals surface area contributed by atoms with Gasteiger partial charge in [-0.15, -0.1) is 0 Å². The summed E-state index contributed by atoms with van der Waals surface area (Å²) in [5.74, 6) is 0.666. The number of halogens is 1. The maximum absolute atomic E-state index is 11.9. The van der Waals surface area contributed by atoms with Crippen molar-refractivity contribution in [3.8, 4) is 5.75 Å². The molecule has 1 fully saturated rings. The number of nitrogens with one attached hydrogen (secondary N) is 1. The lowest BCUT2D eigenvalue weighted by atomic mass is 10.2. The van der Waals surface area contributed by atoms with E-state index in [9.17, 15) is 4.79 Å². The van der Waals surface area contributed by atoms with Crippen molar-refractivity contribution in [2.75, 3.05) is 12.0 Å². The lowest BCUT2D eigenvalue weighted by Crippen LogP contribution is -2.30. The van der Waals surface area contributed by atoms with Crippen molar-refractivity contribution in [3.05, 3.63) is 22.7 Å². The van der Waals surface area contributed by atoms with Crippen LogP contribution in [0.3, 0.4) is 0 Å². The molecule has 1 aliphatic rings. The summed E-state index contributed by atoms with van der Waals surface area (Å²) >= 11 is 8.51. The zero-order chi connectivity index (χ0) is 12.6. The van der Waals surface area contributed by atoms with Crippen LogP contribution in [0.25, 0.3) is 0 Å². The van der Waals surface area contributed by atoms with E-state index in [-0.39, 0.29) is 11.9 Å². The van der Waals surface area contributed by atoms with E-state index in [4.69, 9.17) is 17.0 Å². The molecule has 17 heavy (non-hydrogen) atoms. The Balaban J connectivity index is 2.38. The second-order valence-corrected chi connectivity index (χ2v) is 4.90. The number of benzene rings is 1. The fraction of sp³-hybridized carbons (Fsp3) is 0.273. The van der Waals surface area contributed by atoms with Gasteiger partial charge in [0.15, 0.2) is 5.11 Å². The number of hydrogen-bond acceptors (Lipinski definition) is 3. The number of ether oxygens (including phenoxy) is 1. The van der Waals surface area contributed by atoms with E-state index < -0.39 is 0 Å². The van der Waals surface area contributed by atoms with Gasteiger partial charge in [0, 0.05) is 0 Å². The van der Waals surface area contributed by atoms with Crippen molar-refractivity contribution < 1.29 is 9.53 Å². The minimum absolute atomic E-state index is 0.0490. The fourth-order valence-corrected chi connectivity index (χ4v) is 2.54. The zero-order valence-electron chi connectivity index (χ0n) is 9.36. The lowest BCUT2D eigenvalue weighted by Gasteiger charge is -2.16. The molecule has 1 aromatic rings. The summed E-state index contributed by atoms with van der Waals surface area (Å²) in [6.45, 7) is 1.78. The number of rotatable bonds is 2. The maximum Gasteiger partial charge on any atom is 0.255 e. The number of carbonyl (C=O) groups excluding carboxylic acids is 1. The van der Waals surface area contributed by atoms with Gasteiger partial charge < -0.3 is 10.1 Å². The number of methoxy groups -OCH3 is 1. The van der Waals surface area contributed by atoms with Crippen LogP contribution in [0.2, 0.25) is 0 Å². The molecule has 0 bridgehead atoms. The van der Waals surface area contributed by atoms with Crippen molar-refractivity contribution in [2.24, 2.45) is 0 Å². The highest BCUT2D eigenvalue weighted by Gasteiger charge is 2.33. The predicted molar refractivity (Wildman–Crippen MR) is 73.4 cm³/mol. The molecule has 6 heteroatoms. The molecule has 1 aliphatic heterocycles. The lowest BCUT2D eigenvalue weighted by molar-refractivity contribution is -0.117. The number of anilines is 1. The van der Waals surface area contributed by atoms with Crippen LogP contribution < -0.4 is 15.0 Å². The maximum atomic E-state index is 11.9. The summed E-state index contributed by atoms with van der Waals surface area (Å²) < 4.78 is 5.92. The first kappa shape index (κ1) is 12.3. The molecule has 1 aromatic carbocycles. The van der Waals surface area contributed by atoms with Gasteiger partial charge in [0.05, 0.1) is 17.3 Å². The molecule has 1 N–H and O–H groups in total. The van der Waals surface area contributed by atoms with Crippen molar-refractivity contribution >= 4 is 44.9 Å². The van der Waals surface area contributed by atoms with Crippen LogP contribution in [-0.2, 0) is 4.79 Å². The largest absolute Gasteiger partial charge is 0.496 e. The first-order valence-corrected chi connectivity index (χ1v) is 6.22. The third-order valence-electron chi connectivity index (χ3n) is 2.53. The second-order valence-electron chi connectivity index (χ2n) is 3.66. The predicted octanol–water partition coefficient (Wildman–Crippen LogP) is 2.07. The van der Waals surface area contributed by atoms with Gasteiger partial charge in [0.1, 0.15) is 11.8 Å². The number of thiocarbonyl (C=S) groups is 1. The Kier molecular flexibility index (Phi) is 3.35. The number of amides is 1. The molecule has 1 saturated heterocycles. The number of nitrogens with zero attached hydrogens (tertiary/aromatic N) is 1. The Morgan fingerprint density at radius 3 is 2.71 bits per heavy atom. The summed E-state index contributed by atoms with van der Waals surface area (Å²) in [6, 6.07) is 5.12. The summed E-state index contributed by atoms with van der Waals surface area (Å²) in [5.41, 5.74) is 0.726. The van der Waals surface area contributed by atoms with E-state index in [0.717, 1.165) is 10.2 Å². The highest BCUT2D eigenvalue weighted by atomic mass is 79.9. The molecular formula is C11H11BrN2O2S. The van der Waals surface area contributed by atoms with Gasteiger partial charge in [-0.3, -0.25) is 9.69 Å². The van der Waals surface area contributed by atoms with Crippen LogP contribution in [0.1, 0.15) is 6.92 Å². The number of carbonyl (C=O) groups is 1. The van der Waals surface area contributed by atoms with Crippen LogP contribution in [0.4, 0.5) is 5.69 Å². The molecule has 1 heterocycles. The molecular weight excluding hydrogens is 304 g/mol. The van der Waals surface area contributed by atoms with Crippen LogP contribution in [0.15, 0.2) is 22.7 Å². The van der Waals surface area contributed by atoms with E-state index in [1.54, 1.807) is 26.2 Å². The second kappa shape index (κ2) is 4.62. The average molecular weight is 315 g/mol. The zero-order valence-corrected chi connectivity index (χ0v) is 11.8. The molecule has 0 aliphatic carbocycles. The van der Waals surface area contributed by atoms with Crippen molar-refractivity contribution in [1.82, 2.24) is 5.32 Å². The highest BCUT2D eigenvalue weighted by Crippen LogP contribution is 2.30. The van der Waals surface area contributed by atoms with E-state index in [0.29, 0.717) is 10.9 Å². The smallest absolute Gasteiger partial charge is 0.255 e. The van der Waals surface area contributed by atoms with Crippen LogP contribution >= 0.6 is 28.1 Å². The molecule has 90 valence electrons. The Labute approximate surface area is 113 Å². The molecule has 1 amide bonds. The van der Waals surface area contributed by atoms with E-state index in [1.807, 2.05) is 6.07 Å². The normalized spacial score (nSPS) is 19.5. The number of hydrogen-bond donors (Lipinski definition) is 1. The fourth-order valence-electron chi connectivity index (χ4n) is 1.64. The Bertz CT molecular complexity index is 492. The van der Waals surface area contributed by atoms with Crippen molar-refractivity contribution in [1.29, 1.82) is 0 Å². The standard InChI is InChI=1S/C11H11BrN2O2S/c1-6-10(15)14(11(17)13-6)7-3-4-9(16-2)8(12)5-7/h3-6H,1-2H3,(H,13,17)/t6-/m1/s1. The highest BCUT2D eigenvalue weighted by molar-refractivity contribution is 9.10. The quantitative estimate of drug-likeness (QED) is 0.849. The third kappa shape index (κ3) is 2.14. The van der Waals surface area contributed by atoms with Crippen LogP contribution in [-0.4, -0.2) is 24.2 Å². The van der Waals surface area contributed by atoms with Gasteiger partial charge in [-0.25, -0.2) is 0 Å². The summed E-state index contributed by atoms with van der Waals surface area (Å²) in [5, 5.41) is 3.35. The molecule has 1 atom stereocenters. The van der Waals surface area contributed by atoms with Crippen molar-refractivity contribution in [3.63, 3.8) is 0 Å². The SMILES string of the molecule is COc1ccc(N2C(=O)[C@@H](C)NC2=S)cc1Br. The topological polar surface area (TPSA) is 41.6 Å². The summed E-state index contributed by atoms with van der Waals surface area (Å²) in [4.78, 5) is 13.4. The van der Waals surface area contributed by atoms with Gasteiger partial charge in [-0.1, -0.05) is 0 Å². The van der Waals surface area contributed by atoms with Gasteiger partial charge in [-0.05, 0) is 53.3 Å². The summed E-state index contributed by atoms with van der Waals surface area (Å²) in [7, 11) is 1.59. The summed E-state index contributed by atoms with van der Waals surface area (Å²) in [6.07, 6.45) is 0. The van der Waals surface area contributed by atoms with Gasteiger partial charge in [0.2, 0.25) is 0 Å². The Morgan fingerprint density at radius 2 is 2.24 bits per heavy atom. The molecule has 0 unspecified atom stereocenters. The van der Waals surface area contributed by atoms with Gasteiger partial charge in [-0.2, -0.15) is 0 Å².